The van der Waals surface area contributed by atoms with E-state index in [1.54, 1.807) is 7.11 Å². The van der Waals surface area contributed by atoms with Crippen molar-refractivity contribution >= 4 is 0 Å². The Balaban J connectivity index is 1.82. The number of benzene rings is 1. The lowest BCUT2D eigenvalue weighted by atomic mass is 9.96. The third-order valence-electron chi connectivity index (χ3n) is 3.95. The maximum absolute atomic E-state index is 5.67. The van der Waals surface area contributed by atoms with Gasteiger partial charge in [-0.15, -0.1) is 0 Å². The molecule has 0 amide bonds. The zero-order chi connectivity index (χ0) is 14.9. The van der Waals surface area contributed by atoms with Crippen molar-refractivity contribution in [1.29, 1.82) is 0 Å². The van der Waals surface area contributed by atoms with E-state index in [2.05, 4.69) is 30.4 Å². The van der Waals surface area contributed by atoms with Crippen molar-refractivity contribution in [2.45, 2.75) is 45.1 Å². The number of rotatable bonds is 11. The largest absolute Gasteiger partial charge is 0.497 e. The molecule has 1 atom stereocenters. The molecule has 1 aliphatic carbocycles. The van der Waals surface area contributed by atoms with Crippen molar-refractivity contribution in [2.24, 2.45) is 5.92 Å². The quantitative estimate of drug-likeness (QED) is 0.634. The Hall–Kier alpha value is -1.06. The Bertz CT molecular complexity index is 404. The molecule has 0 saturated heterocycles. The number of hydrogen-bond acceptors (Lipinski definition) is 3. The molecule has 1 aromatic rings. The molecule has 1 aromatic carbocycles. The Morgan fingerprint density at radius 2 is 2.14 bits per heavy atom. The average Bonchev–Trinajstić information content (AvgIpc) is 3.33. The summed E-state index contributed by atoms with van der Waals surface area (Å²) in [5.74, 6) is 1.58. The van der Waals surface area contributed by atoms with Gasteiger partial charge in [0, 0.05) is 19.3 Å². The molecular formula is C18H29NO2. The van der Waals surface area contributed by atoms with E-state index in [0.29, 0.717) is 5.92 Å². The minimum absolute atomic E-state index is 0.634. The van der Waals surface area contributed by atoms with E-state index in [9.17, 15) is 0 Å². The zero-order valence-electron chi connectivity index (χ0n) is 13.4. The highest BCUT2D eigenvalue weighted by Crippen LogP contribution is 2.21. The van der Waals surface area contributed by atoms with E-state index >= 15 is 0 Å². The topological polar surface area (TPSA) is 30.5 Å². The van der Waals surface area contributed by atoms with Crippen LogP contribution in [0.2, 0.25) is 0 Å². The Kier molecular flexibility index (Phi) is 7.04. The van der Waals surface area contributed by atoms with E-state index < -0.39 is 0 Å². The first-order chi connectivity index (χ1) is 10.3. The van der Waals surface area contributed by atoms with Crippen LogP contribution in [-0.2, 0) is 11.2 Å². The minimum Gasteiger partial charge on any atom is -0.497 e. The molecule has 3 heteroatoms. The molecule has 0 bridgehead atoms. The summed E-state index contributed by atoms with van der Waals surface area (Å²) < 4.78 is 11.0. The lowest BCUT2D eigenvalue weighted by Crippen LogP contribution is -2.27. The molecule has 0 aromatic heterocycles. The number of nitrogens with one attached hydrogen (secondary N) is 1. The third kappa shape index (κ3) is 6.49. The molecule has 1 saturated carbocycles. The lowest BCUT2D eigenvalue weighted by molar-refractivity contribution is 0.120. The van der Waals surface area contributed by atoms with Gasteiger partial charge < -0.3 is 14.8 Å². The molecule has 1 fully saturated rings. The van der Waals surface area contributed by atoms with Crippen molar-refractivity contribution in [3.8, 4) is 5.75 Å². The first-order valence-corrected chi connectivity index (χ1v) is 8.26. The highest BCUT2D eigenvalue weighted by Gasteiger charge is 2.22. The van der Waals surface area contributed by atoms with Gasteiger partial charge in [-0.3, -0.25) is 0 Å². The second-order valence-electron chi connectivity index (χ2n) is 6.01. The SMILES string of the molecule is CCCOCCC(CNC1CC1)Cc1cccc(OC)c1. The van der Waals surface area contributed by atoms with Crippen LogP contribution in [-0.4, -0.2) is 32.9 Å². The molecule has 21 heavy (non-hydrogen) atoms. The van der Waals surface area contributed by atoms with Crippen molar-refractivity contribution < 1.29 is 9.47 Å². The molecule has 0 heterocycles. The summed E-state index contributed by atoms with van der Waals surface area (Å²) >= 11 is 0. The van der Waals surface area contributed by atoms with Gasteiger partial charge in [0.2, 0.25) is 0 Å². The van der Waals surface area contributed by atoms with E-state index in [1.807, 2.05) is 6.07 Å². The first kappa shape index (κ1) is 16.3. The summed E-state index contributed by atoms with van der Waals surface area (Å²) in [6, 6.07) is 9.20. The molecule has 1 N–H and O–H groups in total. The monoisotopic (exact) mass is 291 g/mol. The standard InChI is InChI=1S/C18H29NO2/c1-3-10-21-11-9-16(14-19-17-7-8-17)12-15-5-4-6-18(13-15)20-2/h4-6,13,16-17,19H,3,7-12,14H2,1-2H3. The molecule has 1 unspecified atom stereocenters. The van der Waals surface area contributed by atoms with Gasteiger partial charge in [-0.2, -0.15) is 0 Å². The second-order valence-corrected chi connectivity index (χ2v) is 6.01. The van der Waals surface area contributed by atoms with Crippen molar-refractivity contribution in [2.75, 3.05) is 26.9 Å². The van der Waals surface area contributed by atoms with Crippen LogP contribution in [0.4, 0.5) is 0 Å². The molecule has 1 aliphatic rings. The summed E-state index contributed by atoms with van der Waals surface area (Å²) in [5, 5.41) is 3.66. The summed E-state index contributed by atoms with van der Waals surface area (Å²) in [4.78, 5) is 0. The molecular weight excluding hydrogens is 262 g/mol. The van der Waals surface area contributed by atoms with Gasteiger partial charge in [0.15, 0.2) is 0 Å². The van der Waals surface area contributed by atoms with Crippen LogP contribution in [0.3, 0.4) is 0 Å². The third-order valence-corrected chi connectivity index (χ3v) is 3.95. The summed E-state index contributed by atoms with van der Waals surface area (Å²) in [7, 11) is 1.73. The van der Waals surface area contributed by atoms with Crippen LogP contribution >= 0.6 is 0 Å². The fourth-order valence-electron chi connectivity index (χ4n) is 2.53. The van der Waals surface area contributed by atoms with Gasteiger partial charge in [0.1, 0.15) is 5.75 Å². The Morgan fingerprint density at radius 1 is 1.29 bits per heavy atom. The van der Waals surface area contributed by atoms with E-state index in [1.165, 1.54) is 18.4 Å². The van der Waals surface area contributed by atoms with Gasteiger partial charge >= 0.3 is 0 Å². The first-order valence-electron chi connectivity index (χ1n) is 8.26. The Morgan fingerprint density at radius 3 is 2.86 bits per heavy atom. The van der Waals surface area contributed by atoms with Crippen LogP contribution in [0.1, 0.15) is 38.2 Å². The van der Waals surface area contributed by atoms with E-state index in [4.69, 9.17) is 9.47 Å². The fraction of sp³-hybridized carbons (Fsp3) is 0.667. The summed E-state index contributed by atoms with van der Waals surface area (Å²) in [6.45, 7) is 5.00. The summed E-state index contributed by atoms with van der Waals surface area (Å²) in [5.41, 5.74) is 1.35. The van der Waals surface area contributed by atoms with Gasteiger partial charge in [-0.25, -0.2) is 0 Å². The lowest BCUT2D eigenvalue weighted by Gasteiger charge is -2.18. The van der Waals surface area contributed by atoms with Gasteiger partial charge in [-0.1, -0.05) is 19.1 Å². The highest BCUT2D eigenvalue weighted by molar-refractivity contribution is 5.28. The van der Waals surface area contributed by atoms with Gasteiger partial charge in [-0.05, 0) is 62.3 Å². The molecule has 0 radical (unpaired) electrons. The minimum atomic E-state index is 0.634. The second kappa shape index (κ2) is 9.06. The van der Waals surface area contributed by atoms with E-state index in [-0.39, 0.29) is 0 Å². The molecule has 0 spiro atoms. The van der Waals surface area contributed by atoms with Gasteiger partial charge in [0.05, 0.1) is 7.11 Å². The van der Waals surface area contributed by atoms with Crippen LogP contribution in [0.15, 0.2) is 24.3 Å². The van der Waals surface area contributed by atoms with Gasteiger partial charge in [0.25, 0.3) is 0 Å². The van der Waals surface area contributed by atoms with Crippen LogP contribution in [0.5, 0.6) is 5.75 Å². The van der Waals surface area contributed by atoms with Crippen LogP contribution in [0.25, 0.3) is 0 Å². The Labute approximate surface area is 129 Å². The van der Waals surface area contributed by atoms with Crippen LogP contribution < -0.4 is 10.1 Å². The van der Waals surface area contributed by atoms with Crippen molar-refractivity contribution in [3.05, 3.63) is 29.8 Å². The van der Waals surface area contributed by atoms with Crippen LogP contribution in [0, 0.1) is 5.92 Å². The summed E-state index contributed by atoms with van der Waals surface area (Å²) in [6.07, 6.45) is 6.00. The number of ether oxygens (including phenoxy) is 2. The maximum atomic E-state index is 5.67. The van der Waals surface area contributed by atoms with Crippen molar-refractivity contribution in [1.82, 2.24) is 5.32 Å². The molecule has 118 valence electrons. The maximum Gasteiger partial charge on any atom is 0.119 e. The zero-order valence-corrected chi connectivity index (χ0v) is 13.4. The fourth-order valence-corrected chi connectivity index (χ4v) is 2.53. The number of hydrogen-bond donors (Lipinski definition) is 1. The smallest absolute Gasteiger partial charge is 0.119 e. The predicted octanol–water partition coefficient (Wildman–Crippen LogP) is 3.42. The predicted molar refractivity (Wildman–Crippen MR) is 86.9 cm³/mol. The number of methoxy groups -OCH3 is 1. The molecule has 3 nitrogen and oxygen atoms in total. The van der Waals surface area contributed by atoms with Crippen molar-refractivity contribution in [3.63, 3.8) is 0 Å². The normalized spacial score (nSPS) is 15.9. The average molecular weight is 291 g/mol. The highest BCUT2D eigenvalue weighted by atomic mass is 16.5. The molecule has 2 rings (SSSR count). The molecule has 0 aliphatic heterocycles. The van der Waals surface area contributed by atoms with E-state index in [0.717, 1.165) is 50.8 Å².